The first-order valence-corrected chi connectivity index (χ1v) is 17.4. The Morgan fingerprint density at radius 1 is 0.633 bits per heavy atom. The summed E-state index contributed by atoms with van der Waals surface area (Å²) in [4.78, 5) is 12.0. The number of thiophene rings is 1. The molecule has 1 aliphatic carbocycles. The molecule has 0 atom stereocenters. The van der Waals surface area contributed by atoms with Crippen LogP contribution in [0.5, 0.6) is 5.75 Å². The fourth-order valence-corrected chi connectivity index (χ4v) is 9.33. The molecule has 0 amide bonds. The maximum absolute atomic E-state index is 6.39. The summed E-state index contributed by atoms with van der Waals surface area (Å²) in [5, 5.41) is 4.46. The highest BCUT2D eigenvalue weighted by Crippen LogP contribution is 2.56. The number of rotatable bonds is 4. The summed E-state index contributed by atoms with van der Waals surface area (Å²) in [5.74, 6) is 1.55. The number of para-hydroxylation sites is 2. The summed E-state index contributed by atoms with van der Waals surface area (Å²) in [6, 6.07) is 47.4. The van der Waals surface area contributed by atoms with Crippen molar-refractivity contribution in [1.29, 1.82) is 0 Å². The summed E-state index contributed by atoms with van der Waals surface area (Å²) in [5.41, 5.74) is 11.1. The fourth-order valence-electron chi connectivity index (χ4n) is 8.10. The summed E-state index contributed by atoms with van der Waals surface area (Å²) >= 11 is 1.80. The molecule has 0 bridgehead atoms. The number of nitrogens with zero attached hydrogens (tertiary/aromatic N) is 3. The normalized spacial score (nSPS) is 13.4. The Kier molecular flexibility index (Phi) is 5.97. The highest BCUT2D eigenvalue weighted by Gasteiger charge is 2.39. The zero-order chi connectivity index (χ0) is 32.9. The number of aromatic nitrogens is 3. The third-order valence-corrected chi connectivity index (χ3v) is 11.5. The Bertz CT molecular complexity index is 2790. The predicted octanol–water partition coefficient (Wildman–Crippen LogP) is 11.6. The molecule has 0 fully saturated rings. The molecule has 1 aliphatic rings. The van der Waals surface area contributed by atoms with E-state index in [0.717, 1.165) is 49.0 Å². The van der Waals surface area contributed by atoms with Crippen molar-refractivity contribution in [3.63, 3.8) is 0 Å². The quantitative estimate of drug-likeness (QED) is 0.190. The van der Waals surface area contributed by atoms with Crippen molar-refractivity contribution in [2.45, 2.75) is 19.3 Å². The van der Waals surface area contributed by atoms with Crippen LogP contribution >= 0.6 is 11.3 Å². The number of hydrogen-bond donors (Lipinski definition) is 0. The van der Waals surface area contributed by atoms with Crippen LogP contribution in [0.25, 0.3) is 81.6 Å². The van der Waals surface area contributed by atoms with Gasteiger partial charge in [-0.05, 0) is 46.5 Å². The predicted molar refractivity (Wildman–Crippen MR) is 204 cm³/mol. The molecule has 0 unspecified atom stereocenters. The van der Waals surface area contributed by atoms with Crippen molar-refractivity contribution >= 4 is 54.1 Å². The molecule has 0 aliphatic heterocycles. The lowest BCUT2D eigenvalue weighted by Crippen LogP contribution is -2.15. The molecule has 0 spiro atoms. The van der Waals surface area contributed by atoms with Gasteiger partial charge in [-0.1, -0.05) is 123 Å². The van der Waals surface area contributed by atoms with Crippen LogP contribution in [0.2, 0.25) is 0 Å². The molecule has 49 heavy (non-hydrogen) atoms. The molecular weight excluding hydrogens is 619 g/mol. The first kappa shape index (κ1) is 28.3. The van der Waals surface area contributed by atoms with E-state index in [1.165, 1.54) is 43.5 Å². The van der Waals surface area contributed by atoms with E-state index in [1.807, 2.05) is 0 Å². The highest BCUT2D eigenvalue weighted by atomic mass is 32.1. The molecule has 0 saturated heterocycles. The van der Waals surface area contributed by atoms with E-state index < -0.39 is 0 Å². The third-order valence-electron chi connectivity index (χ3n) is 10.3. The topological polar surface area (TPSA) is 39.9 Å². The van der Waals surface area contributed by atoms with Gasteiger partial charge in [-0.15, -0.1) is 11.3 Å². The summed E-state index contributed by atoms with van der Waals surface area (Å²) in [6.07, 6.45) is 0. The maximum atomic E-state index is 6.39. The number of benzene rings is 6. The zero-order valence-electron chi connectivity index (χ0n) is 27.4. The van der Waals surface area contributed by atoms with Gasteiger partial charge in [-0.3, -0.25) is 4.57 Å². The molecule has 6 aromatic carbocycles. The zero-order valence-corrected chi connectivity index (χ0v) is 28.2. The van der Waals surface area contributed by atoms with Crippen LogP contribution in [0.1, 0.15) is 25.0 Å². The van der Waals surface area contributed by atoms with Crippen molar-refractivity contribution in [2.24, 2.45) is 0 Å². The van der Waals surface area contributed by atoms with Crippen molar-refractivity contribution in [1.82, 2.24) is 14.5 Å². The van der Waals surface area contributed by atoms with Crippen LogP contribution in [0.15, 0.2) is 133 Å². The van der Waals surface area contributed by atoms with Gasteiger partial charge in [0.15, 0.2) is 0 Å². The van der Waals surface area contributed by atoms with Gasteiger partial charge >= 0.3 is 0 Å². The second-order valence-electron chi connectivity index (χ2n) is 13.3. The summed E-state index contributed by atoms with van der Waals surface area (Å²) < 4.78 is 9.87. The second-order valence-corrected chi connectivity index (χ2v) is 14.4. The van der Waals surface area contributed by atoms with Crippen molar-refractivity contribution < 1.29 is 4.74 Å². The average Bonchev–Trinajstić information content (AvgIpc) is 3.77. The molecule has 3 aromatic heterocycles. The van der Waals surface area contributed by atoms with Crippen LogP contribution in [0.4, 0.5) is 0 Å². The Morgan fingerprint density at radius 2 is 1.33 bits per heavy atom. The monoisotopic (exact) mass is 649 g/mol. The van der Waals surface area contributed by atoms with Crippen LogP contribution in [0.3, 0.4) is 0 Å². The molecule has 0 saturated carbocycles. The van der Waals surface area contributed by atoms with Crippen LogP contribution in [0, 0.1) is 0 Å². The lowest BCUT2D eigenvalue weighted by Gasteiger charge is -2.22. The van der Waals surface area contributed by atoms with E-state index in [-0.39, 0.29) is 5.41 Å². The van der Waals surface area contributed by atoms with Crippen molar-refractivity contribution in [3.05, 3.63) is 145 Å². The average molecular weight is 650 g/mol. The molecule has 3 heterocycles. The van der Waals surface area contributed by atoms with Crippen LogP contribution in [-0.2, 0) is 5.41 Å². The SMILES string of the molecule is COc1c2c(cc3c1c1ccccc1n3-c1nc(-c3sc4ccccc4c3-c3ccccc3)c3ccccc3n1)C(C)(C)c1ccccc1-2. The molecule has 4 nitrogen and oxygen atoms in total. The minimum Gasteiger partial charge on any atom is -0.495 e. The highest BCUT2D eigenvalue weighted by molar-refractivity contribution is 7.23. The van der Waals surface area contributed by atoms with Gasteiger partial charge in [0.25, 0.3) is 0 Å². The number of methoxy groups -OCH3 is 1. The second kappa shape index (κ2) is 10.4. The van der Waals surface area contributed by atoms with E-state index in [9.17, 15) is 0 Å². The Hall–Kier alpha value is -5.78. The molecule has 0 radical (unpaired) electrons. The van der Waals surface area contributed by atoms with Crippen molar-refractivity contribution in [3.8, 4) is 44.5 Å². The van der Waals surface area contributed by atoms with Crippen LogP contribution < -0.4 is 4.74 Å². The molecule has 10 rings (SSSR count). The summed E-state index contributed by atoms with van der Waals surface area (Å²) in [7, 11) is 1.80. The van der Waals surface area contributed by atoms with E-state index in [1.54, 1.807) is 18.4 Å². The number of ether oxygens (including phenoxy) is 1. The minimum atomic E-state index is -0.203. The van der Waals surface area contributed by atoms with Crippen LogP contribution in [-0.4, -0.2) is 21.6 Å². The van der Waals surface area contributed by atoms with Gasteiger partial charge < -0.3 is 4.74 Å². The Labute approximate surface area is 287 Å². The van der Waals surface area contributed by atoms with Gasteiger partial charge in [0.05, 0.1) is 39.6 Å². The van der Waals surface area contributed by atoms with Gasteiger partial charge in [0.1, 0.15) is 5.75 Å². The molecule has 9 aromatic rings. The Morgan fingerprint density at radius 3 is 2.16 bits per heavy atom. The molecule has 234 valence electrons. The third kappa shape index (κ3) is 3.91. The van der Waals surface area contributed by atoms with Gasteiger partial charge in [0, 0.05) is 37.4 Å². The number of hydrogen-bond acceptors (Lipinski definition) is 4. The molecule has 0 N–H and O–H groups in total. The van der Waals surface area contributed by atoms with E-state index in [4.69, 9.17) is 14.7 Å². The van der Waals surface area contributed by atoms with Crippen molar-refractivity contribution in [2.75, 3.05) is 7.11 Å². The summed E-state index contributed by atoms with van der Waals surface area (Å²) in [6.45, 7) is 4.63. The molecular formula is C44H31N3OS. The number of fused-ring (bicyclic) bond motifs is 8. The van der Waals surface area contributed by atoms with Gasteiger partial charge in [0.2, 0.25) is 5.95 Å². The lowest BCUT2D eigenvalue weighted by atomic mass is 9.82. The largest absolute Gasteiger partial charge is 0.495 e. The minimum absolute atomic E-state index is 0.203. The van der Waals surface area contributed by atoms with Gasteiger partial charge in [-0.2, -0.15) is 0 Å². The van der Waals surface area contributed by atoms with E-state index in [0.29, 0.717) is 5.95 Å². The first-order valence-electron chi connectivity index (χ1n) is 16.6. The standard InChI is InChI=1S/C44H31N3OS/c1-44(2)31-21-11-7-17-27(31)38-32(44)25-35-39(41(38)48-3)29-19-9-13-23-34(29)47(35)43-45-33-22-12-8-18-28(33)40(46-43)42-37(26-15-5-4-6-16-26)30-20-10-14-24-36(30)49-42/h4-25H,1-3H3. The maximum Gasteiger partial charge on any atom is 0.235 e. The van der Waals surface area contributed by atoms with E-state index >= 15 is 0 Å². The lowest BCUT2D eigenvalue weighted by molar-refractivity contribution is 0.421. The smallest absolute Gasteiger partial charge is 0.235 e. The molecule has 5 heteroatoms. The fraction of sp³-hybridized carbons (Fsp3) is 0.0909. The first-order chi connectivity index (χ1) is 24.0. The Balaban J connectivity index is 1.33. The van der Waals surface area contributed by atoms with Gasteiger partial charge in [-0.25, -0.2) is 9.97 Å². The van der Waals surface area contributed by atoms with E-state index in [2.05, 4.69) is 152 Å².